The Bertz CT molecular complexity index is 1560. The zero-order valence-corrected chi connectivity index (χ0v) is 23.2. The highest BCUT2D eigenvalue weighted by atomic mass is 35.5. The lowest BCUT2D eigenvalue weighted by molar-refractivity contribution is -0.385. The van der Waals surface area contributed by atoms with Gasteiger partial charge in [0.2, 0.25) is 17.7 Å². The number of fused-ring (bicyclic) bond motifs is 1. The molecule has 0 spiro atoms. The molecule has 0 aliphatic carbocycles. The number of aromatic nitrogens is 2. The summed E-state index contributed by atoms with van der Waals surface area (Å²) in [4.78, 5) is 31.0. The summed E-state index contributed by atoms with van der Waals surface area (Å²) in [5.41, 5.74) is 2.52. The first-order chi connectivity index (χ1) is 20.0. The number of benzene rings is 2. The molecule has 1 fully saturated rings. The van der Waals surface area contributed by atoms with Crippen molar-refractivity contribution >= 4 is 29.7 Å². The first-order valence-corrected chi connectivity index (χ1v) is 13.4. The van der Waals surface area contributed by atoms with Crippen LogP contribution in [0.4, 0.5) is 11.4 Å². The maximum absolute atomic E-state index is 12.3. The molecule has 12 heteroatoms. The van der Waals surface area contributed by atoms with E-state index in [0.717, 1.165) is 49.1 Å². The van der Waals surface area contributed by atoms with E-state index in [1.807, 2.05) is 36.4 Å². The van der Waals surface area contributed by atoms with Crippen molar-refractivity contribution in [2.24, 2.45) is 0 Å². The van der Waals surface area contributed by atoms with Crippen molar-refractivity contribution in [1.82, 2.24) is 15.3 Å². The van der Waals surface area contributed by atoms with Crippen molar-refractivity contribution in [3.05, 3.63) is 100 Å². The van der Waals surface area contributed by atoms with Gasteiger partial charge in [0.15, 0.2) is 0 Å². The van der Waals surface area contributed by atoms with Crippen LogP contribution < -0.4 is 24.8 Å². The summed E-state index contributed by atoms with van der Waals surface area (Å²) in [6.45, 7) is 0.863. The van der Waals surface area contributed by atoms with E-state index in [4.69, 9.17) is 14.2 Å². The summed E-state index contributed by atoms with van der Waals surface area (Å²) >= 11 is 0. The normalized spacial score (nSPS) is 17.2. The van der Waals surface area contributed by atoms with Gasteiger partial charge in [-0.3, -0.25) is 14.9 Å². The number of nitrogens with one attached hydrogen (secondary N) is 2. The largest absolute Gasteiger partial charge is 0.485 e. The van der Waals surface area contributed by atoms with Gasteiger partial charge >= 0.3 is 0 Å². The lowest BCUT2D eigenvalue weighted by atomic mass is 9.97. The minimum atomic E-state index is -0.503. The Labute approximate surface area is 247 Å². The van der Waals surface area contributed by atoms with Gasteiger partial charge in [-0.05, 0) is 79.8 Å². The Morgan fingerprint density at radius 2 is 1.76 bits per heavy atom. The number of aryl methyl sites for hydroxylation is 1. The number of nitro groups is 1. The molecule has 2 aromatic carbocycles. The molecule has 4 aromatic rings. The van der Waals surface area contributed by atoms with Crippen LogP contribution >= 0.6 is 12.4 Å². The first-order valence-electron chi connectivity index (χ1n) is 13.4. The van der Waals surface area contributed by atoms with Gasteiger partial charge in [-0.15, -0.1) is 12.4 Å². The molecule has 42 heavy (non-hydrogen) atoms. The highest BCUT2D eigenvalue weighted by Crippen LogP contribution is 2.38. The van der Waals surface area contributed by atoms with E-state index in [1.165, 1.54) is 18.3 Å². The van der Waals surface area contributed by atoms with E-state index in [0.29, 0.717) is 23.1 Å². The molecule has 2 aliphatic rings. The molecule has 216 valence electrons. The lowest BCUT2D eigenvalue weighted by Crippen LogP contribution is -2.35. The fraction of sp³-hybridized carbons (Fsp3) is 0.233. The summed E-state index contributed by atoms with van der Waals surface area (Å²) in [7, 11) is 0. The molecule has 1 saturated heterocycles. The van der Waals surface area contributed by atoms with E-state index >= 15 is 0 Å². The summed E-state index contributed by atoms with van der Waals surface area (Å²) in [6.07, 6.45) is 5.99. The number of amides is 1. The Morgan fingerprint density at radius 1 is 0.976 bits per heavy atom. The Morgan fingerprint density at radius 3 is 2.45 bits per heavy atom. The summed E-state index contributed by atoms with van der Waals surface area (Å²) in [5, 5.41) is 16.9. The number of pyridine rings is 2. The number of halogens is 1. The number of nitrogens with zero attached hydrogens (tertiary/aromatic N) is 3. The smallest absolute Gasteiger partial charge is 0.287 e. The molecule has 2 aromatic heterocycles. The molecule has 2 aliphatic heterocycles. The van der Waals surface area contributed by atoms with Crippen molar-refractivity contribution in [3.8, 4) is 29.0 Å². The van der Waals surface area contributed by atoms with Gasteiger partial charge in [-0.1, -0.05) is 12.1 Å². The molecular formula is C30H28ClN5O6. The Balaban J connectivity index is 0.00000353. The third kappa shape index (κ3) is 6.76. The quantitative estimate of drug-likeness (QED) is 0.183. The molecule has 6 rings (SSSR count). The van der Waals surface area contributed by atoms with Crippen LogP contribution in [0.3, 0.4) is 0 Å². The van der Waals surface area contributed by atoms with Crippen LogP contribution in [0.5, 0.6) is 29.0 Å². The third-order valence-corrected chi connectivity index (χ3v) is 6.96. The van der Waals surface area contributed by atoms with Crippen LogP contribution in [0.1, 0.15) is 36.5 Å². The van der Waals surface area contributed by atoms with E-state index in [9.17, 15) is 14.9 Å². The number of ether oxygens (including phenoxy) is 3. The van der Waals surface area contributed by atoms with Crippen LogP contribution in [0.25, 0.3) is 0 Å². The van der Waals surface area contributed by atoms with Gasteiger partial charge in [0, 0.05) is 18.2 Å². The average molecular weight is 590 g/mol. The number of carbonyl (C=O) groups is 1. The van der Waals surface area contributed by atoms with Crippen molar-refractivity contribution < 1.29 is 23.9 Å². The number of rotatable bonds is 8. The first kappa shape index (κ1) is 28.8. The summed E-state index contributed by atoms with van der Waals surface area (Å²) in [6, 6.07) is 19.4. The Kier molecular flexibility index (Phi) is 8.80. The van der Waals surface area contributed by atoms with Gasteiger partial charge in [0.1, 0.15) is 29.5 Å². The number of carbonyl (C=O) groups excluding carboxylic acids is 1. The van der Waals surface area contributed by atoms with E-state index in [1.54, 1.807) is 24.4 Å². The minimum absolute atomic E-state index is 0. The van der Waals surface area contributed by atoms with Crippen LogP contribution in [0, 0.1) is 10.1 Å². The molecule has 1 amide bonds. The van der Waals surface area contributed by atoms with Crippen molar-refractivity contribution in [2.45, 2.75) is 37.8 Å². The van der Waals surface area contributed by atoms with Crippen molar-refractivity contribution in [2.75, 3.05) is 11.9 Å². The second-order valence-corrected chi connectivity index (χ2v) is 9.83. The molecule has 4 heterocycles. The molecule has 11 nitrogen and oxygen atoms in total. The third-order valence-electron chi connectivity index (χ3n) is 6.96. The number of hydrogen-bond acceptors (Lipinski definition) is 9. The lowest BCUT2D eigenvalue weighted by Gasteiger charge is -2.27. The fourth-order valence-corrected chi connectivity index (χ4v) is 4.88. The summed E-state index contributed by atoms with van der Waals surface area (Å²) < 4.78 is 18.1. The Hall–Kier alpha value is -4.74. The van der Waals surface area contributed by atoms with Gasteiger partial charge in [0.25, 0.3) is 5.69 Å². The topological polar surface area (TPSA) is 138 Å². The van der Waals surface area contributed by atoms with E-state index in [2.05, 4.69) is 20.6 Å². The van der Waals surface area contributed by atoms with Crippen LogP contribution in [-0.4, -0.2) is 33.4 Å². The molecule has 2 atom stereocenters. The maximum atomic E-state index is 12.3. The minimum Gasteiger partial charge on any atom is -0.485 e. The highest BCUT2D eigenvalue weighted by Gasteiger charge is 2.23. The van der Waals surface area contributed by atoms with E-state index in [-0.39, 0.29) is 42.0 Å². The predicted molar refractivity (Wildman–Crippen MR) is 157 cm³/mol. The average Bonchev–Trinajstić information content (AvgIpc) is 3.54. The van der Waals surface area contributed by atoms with Gasteiger partial charge < -0.3 is 24.8 Å². The number of hydrogen-bond donors (Lipinski definition) is 2. The van der Waals surface area contributed by atoms with Gasteiger partial charge in [-0.25, -0.2) is 9.97 Å². The van der Waals surface area contributed by atoms with Gasteiger partial charge in [-0.2, -0.15) is 0 Å². The molecule has 1 unspecified atom stereocenters. The maximum Gasteiger partial charge on any atom is 0.287 e. The summed E-state index contributed by atoms with van der Waals surface area (Å²) in [5.74, 6) is 2.64. The second-order valence-electron chi connectivity index (χ2n) is 9.83. The number of anilines is 1. The van der Waals surface area contributed by atoms with Crippen LogP contribution in [0.15, 0.2) is 79.1 Å². The van der Waals surface area contributed by atoms with Crippen LogP contribution in [0.2, 0.25) is 0 Å². The van der Waals surface area contributed by atoms with Gasteiger partial charge in [0.05, 0.1) is 22.8 Å². The zero-order chi connectivity index (χ0) is 28.2. The SMILES string of the molecule is Cl.O=C(Nc1ccc(Oc2ccc3c(c2)CCC(c2cccc(Oc4ccc([N+](=O)[O-])cn4)c2)O3)nc1)[C@@H]1CCCN1. The molecule has 0 radical (unpaired) electrons. The highest BCUT2D eigenvalue weighted by molar-refractivity contribution is 5.94. The zero-order valence-electron chi connectivity index (χ0n) is 22.4. The van der Waals surface area contributed by atoms with Crippen molar-refractivity contribution in [1.29, 1.82) is 0 Å². The van der Waals surface area contributed by atoms with Crippen LogP contribution in [-0.2, 0) is 11.2 Å². The molecular weight excluding hydrogens is 562 g/mol. The molecule has 2 N–H and O–H groups in total. The van der Waals surface area contributed by atoms with Crippen molar-refractivity contribution in [3.63, 3.8) is 0 Å². The monoisotopic (exact) mass is 589 g/mol. The van der Waals surface area contributed by atoms with E-state index < -0.39 is 4.92 Å². The standard InChI is InChI=1S/C30H27N5O6.ClH/c36-30(25-5-2-14-31-25)34-21-7-12-28(32-17-21)40-24-9-11-27-20(16-24)6-10-26(41-27)19-3-1-4-23(15-19)39-29-13-8-22(18-33-29)35(37)38;/h1,3-4,7-9,11-13,15-18,25-26,31H,2,5-6,10,14H2,(H,34,36);1H/t25-,26?;/m0./s1. The second kappa shape index (κ2) is 12.8. The molecule has 0 saturated carbocycles. The predicted octanol–water partition coefficient (Wildman–Crippen LogP) is 6.15. The fourth-order valence-electron chi connectivity index (χ4n) is 4.88. The molecule has 0 bridgehead atoms.